The van der Waals surface area contributed by atoms with Crippen LogP contribution in [0.1, 0.15) is 36.4 Å². The topological polar surface area (TPSA) is 66.9 Å². The first-order valence-electron chi connectivity index (χ1n) is 7.02. The normalized spacial score (nSPS) is 20.1. The summed E-state index contributed by atoms with van der Waals surface area (Å²) in [5.74, 6) is 0.547. The first kappa shape index (κ1) is 13.5. The summed E-state index contributed by atoms with van der Waals surface area (Å²) in [7, 11) is 0. The quantitative estimate of drug-likeness (QED) is 0.913. The van der Waals surface area contributed by atoms with Crippen molar-refractivity contribution in [2.75, 3.05) is 19.7 Å². The minimum absolute atomic E-state index is 0.547. The van der Waals surface area contributed by atoms with Crippen LogP contribution >= 0.6 is 11.3 Å². The summed E-state index contributed by atoms with van der Waals surface area (Å²) in [4.78, 5) is 2.44. The van der Waals surface area contributed by atoms with Gasteiger partial charge in [-0.3, -0.25) is 10.00 Å². The van der Waals surface area contributed by atoms with E-state index in [1.54, 1.807) is 11.3 Å². The number of ether oxygens (including phenoxy) is 1. The van der Waals surface area contributed by atoms with Gasteiger partial charge in [0.25, 0.3) is 5.19 Å². The minimum atomic E-state index is 0.547. The maximum atomic E-state index is 5.37. The number of aromatic nitrogens is 4. The van der Waals surface area contributed by atoms with E-state index in [-0.39, 0.29) is 0 Å². The third-order valence-electron chi connectivity index (χ3n) is 3.54. The van der Waals surface area contributed by atoms with Gasteiger partial charge in [-0.1, -0.05) is 11.3 Å². The van der Waals surface area contributed by atoms with Crippen molar-refractivity contribution >= 4 is 11.3 Å². The number of piperidine rings is 1. The molecule has 0 saturated carbocycles. The van der Waals surface area contributed by atoms with Crippen LogP contribution < -0.4 is 4.74 Å². The Morgan fingerprint density at radius 2 is 2.45 bits per heavy atom. The molecule has 0 spiro atoms. The van der Waals surface area contributed by atoms with Gasteiger partial charge in [-0.25, -0.2) is 0 Å². The molecule has 0 aliphatic carbocycles. The van der Waals surface area contributed by atoms with Crippen molar-refractivity contribution in [1.29, 1.82) is 0 Å². The van der Waals surface area contributed by atoms with Crippen LogP contribution in [-0.2, 0) is 6.54 Å². The number of nitrogens with one attached hydrogen (secondary N) is 1. The maximum absolute atomic E-state index is 5.37. The molecule has 108 valence electrons. The number of H-pyrrole nitrogens is 1. The molecule has 0 aromatic carbocycles. The first-order valence-corrected chi connectivity index (χ1v) is 7.83. The van der Waals surface area contributed by atoms with Crippen molar-refractivity contribution in [2.45, 2.75) is 32.2 Å². The fourth-order valence-corrected chi connectivity index (χ4v) is 3.41. The van der Waals surface area contributed by atoms with Gasteiger partial charge in [-0.2, -0.15) is 5.10 Å². The lowest BCUT2D eigenvalue weighted by Crippen LogP contribution is -2.34. The van der Waals surface area contributed by atoms with Gasteiger partial charge in [-0.05, 0) is 32.4 Å². The van der Waals surface area contributed by atoms with Gasteiger partial charge < -0.3 is 4.74 Å². The Labute approximate surface area is 122 Å². The predicted molar refractivity (Wildman–Crippen MR) is 76.9 cm³/mol. The Hall–Kier alpha value is -1.47. The third kappa shape index (κ3) is 3.16. The summed E-state index contributed by atoms with van der Waals surface area (Å²) in [6.07, 6.45) is 4.26. The molecule has 1 aliphatic rings. The Morgan fingerprint density at radius 3 is 3.25 bits per heavy atom. The van der Waals surface area contributed by atoms with Gasteiger partial charge >= 0.3 is 0 Å². The minimum Gasteiger partial charge on any atom is -0.469 e. The fourth-order valence-electron chi connectivity index (χ4n) is 2.62. The summed E-state index contributed by atoms with van der Waals surface area (Å²) < 4.78 is 5.37. The molecule has 1 atom stereocenters. The summed E-state index contributed by atoms with van der Waals surface area (Å²) >= 11 is 1.54. The molecule has 0 bridgehead atoms. The number of likely N-dealkylation sites (tertiary alicyclic amines) is 1. The molecule has 6 nitrogen and oxygen atoms in total. The molecule has 3 rings (SSSR count). The van der Waals surface area contributed by atoms with Crippen molar-refractivity contribution in [3.05, 3.63) is 23.0 Å². The van der Waals surface area contributed by atoms with Crippen LogP contribution in [0.5, 0.6) is 5.19 Å². The van der Waals surface area contributed by atoms with Crippen LogP contribution in [0.3, 0.4) is 0 Å². The SMILES string of the molecule is CCOc1nnc(CN2CCCC(c3ccn[nH]3)C2)s1. The lowest BCUT2D eigenvalue weighted by atomic mass is 9.95. The molecule has 2 aromatic rings. The standard InChI is InChI=1S/C13H19N5OS/c1-2-19-13-17-16-12(20-13)9-18-7-3-4-10(8-18)11-5-6-14-15-11/h5-6,10H,2-4,7-9H2,1H3,(H,14,15). The average molecular weight is 293 g/mol. The van der Waals surface area contributed by atoms with Crippen molar-refractivity contribution in [3.63, 3.8) is 0 Å². The number of hydrogen-bond donors (Lipinski definition) is 1. The molecule has 0 amide bonds. The summed E-state index contributed by atoms with van der Waals surface area (Å²) in [5.41, 5.74) is 1.24. The number of rotatable bonds is 5. The maximum Gasteiger partial charge on any atom is 0.294 e. The predicted octanol–water partition coefficient (Wildman–Crippen LogP) is 2.04. The van der Waals surface area contributed by atoms with E-state index >= 15 is 0 Å². The molecule has 0 radical (unpaired) electrons. The number of nitrogens with zero attached hydrogens (tertiary/aromatic N) is 4. The second-order valence-corrected chi connectivity index (χ2v) is 6.01. The highest BCUT2D eigenvalue weighted by Gasteiger charge is 2.23. The van der Waals surface area contributed by atoms with Crippen LogP contribution in [0.25, 0.3) is 0 Å². The zero-order valence-corrected chi connectivity index (χ0v) is 12.4. The second kappa shape index (κ2) is 6.32. The molecule has 2 aromatic heterocycles. The average Bonchev–Trinajstić information content (AvgIpc) is 3.11. The van der Waals surface area contributed by atoms with Crippen LogP contribution in [0, 0.1) is 0 Å². The Balaban J connectivity index is 1.59. The molecule has 1 N–H and O–H groups in total. The van der Waals surface area contributed by atoms with Gasteiger partial charge in [0.05, 0.1) is 13.2 Å². The monoisotopic (exact) mass is 293 g/mol. The molecule has 1 saturated heterocycles. The van der Waals surface area contributed by atoms with Crippen LogP contribution in [0.2, 0.25) is 0 Å². The summed E-state index contributed by atoms with van der Waals surface area (Å²) in [6.45, 7) is 5.62. The zero-order valence-electron chi connectivity index (χ0n) is 11.6. The fraction of sp³-hybridized carbons (Fsp3) is 0.615. The van der Waals surface area contributed by atoms with E-state index in [2.05, 4.69) is 31.4 Å². The van der Waals surface area contributed by atoms with Gasteiger partial charge in [0, 0.05) is 24.4 Å². The highest BCUT2D eigenvalue weighted by molar-refractivity contribution is 7.13. The molecule has 1 aliphatic heterocycles. The van der Waals surface area contributed by atoms with Gasteiger partial charge in [0.2, 0.25) is 0 Å². The lowest BCUT2D eigenvalue weighted by molar-refractivity contribution is 0.198. The van der Waals surface area contributed by atoms with Crippen LogP contribution in [0.15, 0.2) is 12.3 Å². The highest BCUT2D eigenvalue weighted by Crippen LogP contribution is 2.27. The largest absolute Gasteiger partial charge is 0.469 e. The Morgan fingerprint density at radius 1 is 1.50 bits per heavy atom. The highest BCUT2D eigenvalue weighted by atomic mass is 32.1. The van der Waals surface area contributed by atoms with E-state index in [9.17, 15) is 0 Å². The van der Waals surface area contributed by atoms with E-state index in [1.165, 1.54) is 18.5 Å². The molecule has 1 unspecified atom stereocenters. The van der Waals surface area contributed by atoms with Crippen molar-refractivity contribution in [1.82, 2.24) is 25.3 Å². The zero-order chi connectivity index (χ0) is 13.8. The van der Waals surface area contributed by atoms with Crippen molar-refractivity contribution in [3.8, 4) is 5.19 Å². The Kier molecular flexibility index (Phi) is 4.27. The summed E-state index contributed by atoms with van der Waals surface area (Å²) in [6, 6.07) is 2.08. The molecule has 7 heteroatoms. The Bertz CT molecular complexity index is 527. The molecule has 3 heterocycles. The second-order valence-electron chi connectivity index (χ2n) is 4.98. The molecule has 20 heavy (non-hydrogen) atoms. The van der Waals surface area contributed by atoms with E-state index < -0.39 is 0 Å². The van der Waals surface area contributed by atoms with E-state index in [1.807, 2.05) is 13.1 Å². The van der Waals surface area contributed by atoms with Crippen LogP contribution in [-0.4, -0.2) is 45.0 Å². The van der Waals surface area contributed by atoms with Crippen molar-refractivity contribution in [2.24, 2.45) is 0 Å². The van der Waals surface area contributed by atoms with Crippen LogP contribution in [0.4, 0.5) is 0 Å². The first-order chi connectivity index (χ1) is 9.85. The van der Waals surface area contributed by atoms with Gasteiger partial charge in [0.1, 0.15) is 5.01 Å². The lowest BCUT2D eigenvalue weighted by Gasteiger charge is -2.31. The van der Waals surface area contributed by atoms with E-state index in [4.69, 9.17) is 4.74 Å². The molecular formula is C13H19N5OS. The van der Waals surface area contributed by atoms with Gasteiger partial charge in [0.15, 0.2) is 0 Å². The molecule has 1 fully saturated rings. The number of aromatic amines is 1. The van der Waals surface area contributed by atoms with E-state index in [0.29, 0.717) is 17.7 Å². The smallest absolute Gasteiger partial charge is 0.294 e. The summed E-state index contributed by atoms with van der Waals surface area (Å²) in [5, 5.41) is 17.1. The molecular weight excluding hydrogens is 274 g/mol. The number of hydrogen-bond acceptors (Lipinski definition) is 6. The third-order valence-corrected chi connectivity index (χ3v) is 4.36. The van der Waals surface area contributed by atoms with Crippen molar-refractivity contribution < 1.29 is 4.74 Å². The van der Waals surface area contributed by atoms with Gasteiger partial charge in [-0.15, -0.1) is 10.2 Å². The van der Waals surface area contributed by atoms with E-state index in [0.717, 1.165) is 24.6 Å².